The van der Waals surface area contributed by atoms with Crippen LogP contribution in [0.2, 0.25) is 0 Å². The lowest BCUT2D eigenvalue weighted by Crippen LogP contribution is -2.34. The average Bonchev–Trinajstić information content (AvgIpc) is 2.56. The second kappa shape index (κ2) is 15.0. The van der Waals surface area contributed by atoms with Crippen LogP contribution in [0, 0.1) is 0 Å². The fourth-order valence-corrected chi connectivity index (χ4v) is 2.22. The summed E-state index contributed by atoms with van der Waals surface area (Å²) in [4.78, 5) is 34.5. The third kappa shape index (κ3) is 14.0. The molecule has 0 aliphatic carbocycles. The Labute approximate surface area is 146 Å². The monoisotopic (exact) mass is 341 g/mol. The van der Waals surface area contributed by atoms with Crippen molar-refractivity contribution in [1.29, 1.82) is 0 Å². The molecule has 3 N–H and O–H groups in total. The second-order valence-corrected chi connectivity index (χ2v) is 6.22. The van der Waals surface area contributed by atoms with Crippen molar-refractivity contribution in [2.45, 2.75) is 84.6 Å². The van der Waals surface area contributed by atoms with Gasteiger partial charge in [-0.25, -0.2) is 0 Å². The maximum atomic E-state index is 11.7. The Kier molecular flexibility index (Phi) is 14.0. The van der Waals surface area contributed by atoms with Crippen LogP contribution in [-0.4, -0.2) is 36.9 Å². The summed E-state index contributed by atoms with van der Waals surface area (Å²) >= 11 is 0. The molecule has 140 valence electrons. The van der Waals surface area contributed by atoms with Crippen molar-refractivity contribution >= 4 is 17.7 Å². The lowest BCUT2D eigenvalue weighted by Gasteiger charge is -2.13. The van der Waals surface area contributed by atoms with Crippen LogP contribution in [0.1, 0.15) is 78.6 Å². The summed E-state index contributed by atoms with van der Waals surface area (Å²) in [6.45, 7) is 7.15. The average molecular weight is 341 g/mol. The minimum atomic E-state index is 0.0136. The van der Waals surface area contributed by atoms with Gasteiger partial charge in [-0.1, -0.05) is 26.7 Å². The predicted octanol–water partition coefficient (Wildman–Crippen LogP) is 2.27. The predicted molar refractivity (Wildman–Crippen MR) is 96.5 cm³/mol. The molecular weight excluding hydrogens is 306 g/mol. The molecule has 0 aromatic rings. The topological polar surface area (TPSA) is 87.3 Å². The molecule has 0 aliphatic rings. The Balaban J connectivity index is 3.56. The molecular formula is C18H35N3O3. The standard InChI is InChI=1S/C18H35N3O3/c1-4-6-7-10-18(24)21-15(3)11-12-17(23)20-14-9-8-13-19-16(22)5-2/h15H,4-14H2,1-3H3,(H,19,22)(H,20,23)(H,21,24)/t15-/m1/s1. The molecule has 6 heteroatoms. The molecule has 0 radical (unpaired) electrons. The van der Waals surface area contributed by atoms with Crippen molar-refractivity contribution in [3.8, 4) is 0 Å². The molecule has 0 aromatic carbocycles. The molecule has 0 rings (SSSR count). The van der Waals surface area contributed by atoms with Crippen LogP contribution in [0.3, 0.4) is 0 Å². The molecule has 0 saturated carbocycles. The first-order valence-corrected chi connectivity index (χ1v) is 9.32. The summed E-state index contributed by atoms with van der Waals surface area (Å²) in [5.74, 6) is 0.148. The first kappa shape index (κ1) is 22.4. The minimum absolute atomic E-state index is 0.0136. The summed E-state index contributed by atoms with van der Waals surface area (Å²) in [6, 6.07) is 0.0223. The highest BCUT2D eigenvalue weighted by Gasteiger charge is 2.09. The Hall–Kier alpha value is -1.59. The van der Waals surface area contributed by atoms with E-state index in [1.54, 1.807) is 0 Å². The maximum absolute atomic E-state index is 11.7. The zero-order valence-electron chi connectivity index (χ0n) is 15.6. The second-order valence-electron chi connectivity index (χ2n) is 6.22. The largest absolute Gasteiger partial charge is 0.356 e. The molecule has 0 spiro atoms. The quantitative estimate of drug-likeness (QED) is 0.424. The summed E-state index contributed by atoms with van der Waals surface area (Å²) in [6.07, 6.45) is 6.95. The Morgan fingerprint density at radius 2 is 1.42 bits per heavy atom. The third-order valence-electron chi connectivity index (χ3n) is 3.79. The number of hydrogen-bond acceptors (Lipinski definition) is 3. The van der Waals surface area contributed by atoms with Crippen LogP contribution >= 0.6 is 0 Å². The number of unbranched alkanes of at least 4 members (excludes halogenated alkanes) is 3. The van der Waals surface area contributed by atoms with E-state index in [-0.39, 0.29) is 23.8 Å². The van der Waals surface area contributed by atoms with Crippen LogP contribution in [0.25, 0.3) is 0 Å². The highest BCUT2D eigenvalue weighted by atomic mass is 16.2. The lowest BCUT2D eigenvalue weighted by molar-refractivity contribution is -0.123. The molecule has 3 amide bonds. The molecule has 0 bridgehead atoms. The van der Waals surface area contributed by atoms with Crippen molar-refractivity contribution in [1.82, 2.24) is 16.0 Å². The molecule has 0 heterocycles. The van der Waals surface area contributed by atoms with E-state index in [1.807, 2.05) is 13.8 Å². The van der Waals surface area contributed by atoms with Gasteiger partial charge in [-0.05, 0) is 32.6 Å². The SMILES string of the molecule is CCCCCC(=O)N[C@H](C)CCC(=O)NCCCCNC(=O)CC. The summed E-state index contributed by atoms with van der Waals surface area (Å²) < 4.78 is 0. The third-order valence-corrected chi connectivity index (χ3v) is 3.79. The highest BCUT2D eigenvalue weighted by Crippen LogP contribution is 2.01. The fraction of sp³-hybridized carbons (Fsp3) is 0.833. The number of carbonyl (C=O) groups is 3. The zero-order valence-corrected chi connectivity index (χ0v) is 15.6. The number of amides is 3. The van der Waals surface area contributed by atoms with Gasteiger partial charge in [0.2, 0.25) is 17.7 Å². The van der Waals surface area contributed by atoms with E-state index in [2.05, 4.69) is 22.9 Å². The van der Waals surface area contributed by atoms with Crippen molar-refractivity contribution in [2.75, 3.05) is 13.1 Å². The van der Waals surface area contributed by atoms with Gasteiger partial charge in [0, 0.05) is 38.4 Å². The van der Waals surface area contributed by atoms with Crippen molar-refractivity contribution in [3.63, 3.8) is 0 Å². The molecule has 0 saturated heterocycles. The summed E-state index contributed by atoms with van der Waals surface area (Å²) in [5, 5.41) is 8.61. The molecule has 0 fully saturated rings. The molecule has 0 aromatic heterocycles. The lowest BCUT2D eigenvalue weighted by atomic mass is 10.1. The maximum Gasteiger partial charge on any atom is 0.220 e. The smallest absolute Gasteiger partial charge is 0.220 e. The van der Waals surface area contributed by atoms with Gasteiger partial charge in [0.05, 0.1) is 0 Å². The number of nitrogens with one attached hydrogen (secondary N) is 3. The van der Waals surface area contributed by atoms with Crippen molar-refractivity contribution in [2.24, 2.45) is 0 Å². The van der Waals surface area contributed by atoms with Gasteiger partial charge >= 0.3 is 0 Å². The van der Waals surface area contributed by atoms with Gasteiger partial charge in [0.25, 0.3) is 0 Å². The molecule has 6 nitrogen and oxygen atoms in total. The van der Waals surface area contributed by atoms with E-state index in [4.69, 9.17) is 0 Å². The Bertz CT molecular complexity index is 373. The van der Waals surface area contributed by atoms with Crippen molar-refractivity contribution in [3.05, 3.63) is 0 Å². The van der Waals surface area contributed by atoms with Gasteiger partial charge in [-0.3, -0.25) is 14.4 Å². The van der Waals surface area contributed by atoms with Crippen molar-refractivity contribution < 1.29 is 14.4 Å². The molecule has 0 unspecified atom stereocenters. The van der Waals surface area contributed by atoms with Crippen LogP contribution < -0.4 is 16.0 Å². The van der Waals surface area contributed by atoms with Gasteiger partial charge in [0.15, 0.2) is 0 Å². The molecule has 0 aliphatic heterocycles. The normalized spacial score (nSPS) is 11.6. The Morgan fingerprint density at radius 1 is 0.792 bits per heavy atom. The zero-order chi connectivity index (χ0) is 18.2. The first-order chi connectivity index (χ1) is 11.5. The molecule has 24 heavy (non-hydrogen) atoms. The summed E-state index contributed by atoms with van der Waals surface area (Å²) in [7, 11) is 0. The fourth-order valence-electron chi connectivity index (χ4n) is 2.22. The van der Waals surface area contributed by atoms with E-state index in [9.17, 15) is 14.4 Å². The first-order valence-electron chi connectivity index (χ1n) is 9.32. The summed E-state index contributed by atoms with van der Waals surface area (Å²) in [5.41, 5.74) is 0. The van der Waals surface area contributed by atoms with Gasteiger partial charge < -0.3 is 16.0 Å². The van der Waals surface area contributed by atoms with E-state index < -0.39 is 0 Å². The Morgan fingerprint density at radius 3 is 2.00 bits per heavy atom. The number of hydrogen-bond donors (Lipinski definition) is 3. The van der Waals surface area contributed by atoms with Crippen LogP contribution in [0.4, 0.5) is 0 Å². The number of carbonyl (C=O) groups excluding carboxylic acids is 3. The van der Waals surface area contributed by atoms with Crippen LogP contribution in [0.15, 0.2) is 0 Å². The highest BCUT2D eigenvalue weighted by molar-refractivity contribution is 5.77. The van der Waals surface area contributed by atoms with E-state index in [0.717, 1.165) is 32.1 Å². The van der Waals surface area contributed by atoms with Gasteiger partial charge in [-0.15, -0.1) is 0 Å². The molecule has 1 atom stereocenters. The van der Waals surface area contributed by atoms with Gasteiger partial charge in [0.1, 0.15) is 0 Å². The van der Waals surface area contributed by atoms with Gasteiger partial charge in [-0.2, -0.15) is 0 Å². The van der Waals surface area contributed by atoms with Crippen LogP contribution in [-0.2, 0) is 14.4 Å². The van der Waals surface area contributed by atoms with E-state index in [0.29, 0.717) is 38.8 Å². The van der Waals surface area contributed by atoms with E-state index >= 15 is 0 Å². The minimum Gasteiger partial charge on any atom is -0.356 e. The number of rotatable bonds is 14. The van der Waals surface area contributed by atoms with Crippen LogP contribution in [0.5, 0.6) is 0 Å². The van der Waals surface area contributed by atoms with E-state index in [1.165, 1.54) is 0 Å².